The van der Waals surface area contributed by atoms with Gasteiger partial charge in [-0.05, 0) is 76.6 Å². The number of benzene rings is 2. The molecule has 0 bridgehead atoms. The molecule has 1 N–H and O–H groups in total. The molecule has 4 heteroatoms. The van der Waals surface area contributed by atoms with Crippen molar-refractivity contribution < 1.29 is 4.52 Å². The van der Waals surface area contributed by atoms with Crippen LogP contribution in [0.25, 0.3) is 0 Å². The van der Waals surface area contributed by atoms with Gasteiger partial charge in [0, 0.05) is 18.1 Å². The van der Waals surface area contributed by atoms with E-state index in [1.165, 1.54) is 33.4 Å². The second kappa shape index (κ2) is 8.90. The van der Waals surface area contributed by atoms with Crippen molar-refractivity contribution in [2.45, 2.75) is 99.3 Å². The summed E-state index contributed by atoms with van der Waals surface area (Å²) in [5, 5.41) is 4.99. The van der Waals surface area contributed by atoms with Crippen LogP contribution in [-0.2, 0) is 32.6 Å². The van der Waals surface area contributed by atoms with E-state index in [9.17, 15) is 0 Å². The van der Waals surface area contributed by atoms with Crippen molar-refractivity contribution in [3.63, 3.8) is 0 Å². The maximum Gasteiger partial charge on any atom is 0.183 e. The highest BCUT2D eigenvalue weighted by Crippen LogP contribution is 2.52. The Kier molecular flexibility index (Phi) is 7.53. The van der Waals surface area contributed by atoms with Gasteiger partial charge >= 0.3 is 0 Å². The molecule has 0 saturated carbocycles. The molecule has 0 aromatic heterocycles. The predicted octanol–water partition coefficient (Wildman–Crippen LogP) is 8.20. The predicted molar refractivity (Wildman–Crippen MR) is 148 cm³/mol. The van der Waals surface area contributed by atoms with Crippen LogP contribution in [0.15, 0.2) is 24.3 Å². The molecule has 1 atom stereocenters. The fraction of sp³-hybridized carbons (Fsp3) is 0.571. The number of rotatable bonds is 4. The Bertz CT molecular complexity index is 991. The van der Waals surface area contributed by atoms with Crippen molar-refractivity contribution in [3.8, 4) is 0 Å². The van der Waals surface area contributed by atoms with E-state index < -0.39 is 6.42 Å². The molecular formula is C28H44NOPS. The summed E-state index contributed by atoms with van der Waals surface area (Å²) in [6, 6.07) is 9.17. The van der Waals surface area contributed by atoms with Gasteiger partial charge in [-0.25, -0.2) is 0 Å². The highest BCUT2D eigenvalue weighted by atomic mass is 32.4. The smallest absolute Gasteiger partial charge is 0.183 e. The molecule has 0 radical (unpaired) electrons. The number of hydrogen-bond donors (Lipinski definition) is 1. The van der Waals surface area contributed by atoms with Crippen molar-refractivity contribution in [2.24, 2.45) is 0 Å². The minimum absolute atomic E-state index is 0.0468. The van der Waals surface area contributed by atoms with Crippen molar-refractivity contribution >= 4 is 29.2 Å². The second-order valence-corrected chi connectivity index (χ2v) is 16.0. The van der Waals surface area contributed by atoms with E-state index in [1.807, 2.05) is 0 Å². The third kappa shape index (κ3) is 5.66. The van der Waals surface area contributed by atoms with Crippen molar-refractivity contribution in [1.82, 2.24) is 0 Å². The molecule has 2 aromatic rings. The summed E-state index contributed by atoms with van der Waals surface area (Å²) in [7, 11) is 1.75. The van der Waals surface area contributed by atoms with E-state index in [2.05, 4.69) is 112 Å². The van der Waals surface area contributed by atoms with Gasteiger partial charge in [0.15, 0.2) is 6.42 Å². The molecule has 0 aliphatic carbocycles. The average molecular weight is 474 g/mol. The highest BCUT2D eigenvalue weighted by Gasteiger charge is 2.33. The lowest BCUT2D eigenvalue weighted by molar-refractivity contribution is 0.468. The van der Waals surface area contributed by atoms with Crippen molar-refractivity contribution in [1.29, 1.82) is 0 Å². The summed E-state index contributed by atoms with van der Waals surface area (Å²) in [4.78, 5) is 0. The number of nitrogens with one attached hydrogen (secondary N) is 1. The Balaban J connectivity index is 2.91. The quantitative estimate of drug-likeness (QED) is 0.452. The first-order valence-electron chi connectivity index (χ1n) is 11.5. The van der Waals surface area contributed by atoms with Crippen LogP contribution in [-0.4, -0.2) is 7.11 Å². The summed E-state index contributed by atoms with van der Waals surface area (Å²) in [6.07, 6.45) is -2.54. The Hall–Kier alpha value is -1.15. The zero-order valence-electron chi connectivity index (χ0n) is 22.6. The van der Waals surface area contributed by atoms with E-state index >= 15 is 0 Å². The van der Waals surface area contributed by atoms with E-state index in [0.29, 0.717) is 0 Å². The summed E-state index contributed by atoms with van der Waals surface area (Å²) in [6.45, 7) is 27.0. The lowest BCUT2D eigenvalue weighted by Crippen LogP contribution is -2.26. The second-order valence-electron chi connectivity index (χ2n) is 12.3. The van der Waals surface area contributed by atoms with Crippen molar-refractivity contribution in [2.75, 3.05) is 12.2 Å². The van der Waals surface area contributed by atoms with E-state index in [-0.39, 0.29) is 16.2 Å². The van der Waals surface area contributed by atoms with Gasteiger partial charge < -0.3 is 9.61 Å². The van der Waals surface area contributed by atoms with Gasteiger partial charge in [-0.2, -0.15) is 0 Å². The molecule has 0 aliphatic rings. The lowest BCUT2D eigenvalue weighted by atomic mass is 9.74. The van der Waals surface area contributed by atoms with Gasteiger partial charge in [0.05, 0.1) is 0 Å². The first-order valence-corrected chi connectivity index (χ1v) is 14.3. The molecular weight excluding hydrogens is 429 g/mol. The Morgan fingerprint density at radius 2 is 1.12 bits per heavy atom. The Labute approximate surface area is 202 Å². The van der Waals surface area contributed by atoms with E-state index in [4.69, 9.17) is 16.3 Å². The zero-order valence-corrected chi connectivity index (χ0v) is 24.3. The van der Waals surface area contributed by atoms with Gasteiger partial charge in [-0.3, -0.25) is 0 Å². The largest absolute Gasteiger partial charge is 0.334 e. The molecule has 0 heterocycles. The number of aryl methyl sites for hydroxylation is 3. The first-order chi connectivity index (χ1) is 14.3. The molecule has 0 saturated heterocycles. The maximum absolute atomic E-state index is 6.32. The molecule has 0 amide bonds. The van der Waals surface area contributed by atoms with Crippen LogP contribution in [0.5, 0.6) is 0 Å². The molecule has 2 nitrogen and oxygen atoms in total. The van der Waals surface area contributed by atoms with Crippen LogP contribution in [0.1, 0.15) is 95.7 Å². The third-order valence-electron chi connectivity index (χ3n) is 6.07. The maximum atomic E-state index is 6.32. The molecule has 2 aromatic carbocycles. The highest BCUT2D eigenvalue weighted by molar-refractivity contribution is 8.16. The fourth-order valence-corrected chi connectivity index (χ4v) is 7.47. The van der Waals surface area contributed by atoms with Crippen LogP contribution in [0.3, 0.4) is 0 Å². The van der Waals surface area contributed by atoms with Crippen LogP contribution >= 0.6 is 6.42 Å². The third-order valence-corrected chi connectivity index (χ3v) is 9.66. The average Bonchev–Trinajstić information content (AvgIpc) is 2.57. The van der Waals surface area contributed by atoms with Gasteiger partial charge in [0.25, 0.3) is 0 Å². The van der Waals surface area contributed by atoms with Gasteiger partial charge in [-0.15, -0.1) is 0 Å². The fourth-order valence-electron chi connectivity index (χ4n) is 4.36. The van der Waals surface area contributed by atoms with Gasteiger partial charge in [0.2, 0.25) is 0 Å². The minimum atomic E-state index is -2.54. The van der Waals surface area contributed by atoms with Crippen molar-refractivity contribution in [3.05, 3.63) is 57.6 Å². The lowest BCUT2D eigenvalue weighted by Gasteiger charge is -2.36. The molecule has 0 spiro atoms. The topological polar surface area (TPSA) is 21.3 Å². The summed E-state index contributed by atoms with van der Waals surface area (Å²) >= 11 is 6.32. The summed E-state index contributed by atoms with van der Waals surface area (Å²) < 4.78 is 6.18. The standard InChI is InChI=1S/C28H44NOPS/c1-18-14-19(2)25(20(3)15-18)31(32,30-13)29-24-22(27(7,8)9)16-21(26(4,5)6)17-23(24)28(10,11)12/h14-17H,1-13H3,(H,29,32)/t31-/m0/s1. The zero-order chi connectivity index (χ0) is 24.9. The monoisotopic (exact) mass is 473 g/mol. The summed E-state index contributed by atoms with van der Waals surface area (Å²) in [5.41, 5.74) is 8.69. The SMILES string of the molecule is CO[P@@](=S)(Nc1c(C(C)(C)C)cc(C(C)(C)C)cc1C(C)(C)C)c1c(C)cc(C)cc1C. The Morgan fingerprint density at radius 3 is 1.44 bits per heavy atom. The molecule has 2 rings (SSSR count). The molecule has 0 unspecified atom stereocenters. The molecule has 32 heavy (non-hydrogen) atoms. The summed E-state index contributed by atoms with van der Waals surface area (Å²) in [5.74, 6) is 0. The molecule has 0 aliphatic heterocycles. The van der Waals surface area contributed by atoms with Crippen LogP contribution < -0.4 is 10.4 Å². The number of hydrogen-bond acceptors (Lipinski definition) is 2. The normalized spacial score (nSPS) is 14.9. The van der Waals surface area contributed by atoms with E-state index in [0.717, 1.165) is 11.0 Å². The van der Waals surface area contributed by atoms with Gasteiger partial charge in [0.1, 0.15) is 0 Å². The molecule has 0 fully saturated rings. The molecule has 178 valence electrons. The van der Waals surface area contributed by atoms with Crippen LogP contribution in [0.2, 0.25) is 0 Å². The minimum Gasteiger partial charge on any atom is -0.334 e. The number of anilines is 1. The Morgan fingerprint density at radius 1 is 0.719 bits per heavy atom. The van der Waals surface area contributed by atoms with Crippen LogP contribution in [0, 0.1) is 20.8 Å². The van der Waals surface area contributed by atoms with E-state index in [1.54, 1.807) is 7.11 Å². The first kappa shape index (κ1) is 27.1. The van der Waals surface area contributed by atoms with Gasteiger partial charge in [-0.1, -0.05) is 92.1 Å². The van der Waals surface area contributed by atoms with Crippen LogP contribution in [0.4, 0.5) is 5.69 Å².